The Bertz CT molecular complexity index is 2980. The van der Waals surface area contributed by atoms with Gasteiger partial charge >= 0.3 is 11.9 Å². The quantitative estimate of drug-likeness (QED) is 0.0104. The summed E-state index contributed by atoms with van der Waals surface area (Å²) in [5.74, 6) is -1.93. The van der Waals surface area contributed by atoms with E-state index in [1.54, 1.807) is 23.5 Å². The van der Waals surface area contributed by atoms with Gasteiger partial charge in [-0.05, 0) is 51.4 Å². The van der Waals surface area contributed by atoms with Crippen molar-refractivity contribution in [3.8, 4) is 0 Å². The molecular formula is C86H158N2O41S4. The van der Waals surface area contributed by atoms with Crippen molar-refractivity contribution in [3.05, 3.63) is 0 Å². The average molecular weight is 2000 g/mol. The van der Waals surface area contributed by atoms with Gasteiger partial charge in [-0.1, -0.05) is 136 Å². The molecule has 0 bridgehead atoms. The van der Waals surface area contributed by atoms with Crippen molar-refractivity contribution in [2.45, 2.75) is 401 Å². The number of hydrogen-bond donors (Lipinski definition) is 23. The van der Waals surface area contributed by atoms with E-state index < -0.39 is 249 Å². The number of aliphatic hydroxyl groups excluding tert-OH is 21. The molecule has 0 aliphatic carbocycles. The monoisotopic (exact) mass is 2000 g/mol. The molecule has 0 aromatic carbocycles. The summed E-state index contributed by atoms with van der Waals surface area (Å²) in [6.45, 7) is -0.732. The maximum atomic E-state index is 11.4. The van der Waals surface area contributed by atoms with E-state index >= 15 is 0 Å². The topological polar surface area (TPSA) is 665 Å². The summed E-state index contributed by atoms with van der Waals surface area (Å²) in [7, 11) is 2.81. The number of esters is 2. The molecular weight excluding hydrogens is 1850 g/mol. The molecule has 0 saturated carbocycles. The fourth-order valence-corrected chi connectivity index (χ4v) is 20.6. The van der Waals surface area contributed by atoms with Crippen LogP contribution in [-0.4, -0.2) is 435 Å². The molecule has 6 rings (SSSR count). The molecule has 0 radical (unpaired) electrons. The Kier molecular flexibility index (Phi) is 63.6. The third-order valence-electron chi connectivity index (χ3n) is 24.1. The number of aliphatic hydroxyl groups is 21. The molecule has 133 heavy (non-hydrogen) atoms. The highest BCUT2D eigenvalue weighted by atomic mass is 32.2. The van der Waals surface area contributed by atoms with Crippen LogP contribution in [0.4, 0.5) is 0 Å². The maximum Gasteiger partial charge on any atom is 0.305 e. The lowest BCUT2D eigenvalue weighted by molar-refractivity contribution is -0.384. The van der Waals surface area contributed by atoms with Gasteiger partial charge in [0.1, 0.15) is 110 Å². The van der Waals surface area contributed by atoms with Crippen molar-refractivity contribution in [2.75, 3.05) is 102 Å². The molecule has 0 aromatic rings. The van der Waals surface area contributed by atoms with Crippen LogP contribution >= 0.6 is 47.0 Å². The fourth-order valence-electron chi connectivity index (χ4n) is 15.8. The van der Waals surface area contributed by atoms with Crippen LogP contribution in [0.15, 0.2) is 0 Å². The number of carbonyl (C=O) groups is 4. The molecule has 6 fully saturated rings. The van der Waals surface area contributed by atoms with Crippen LogP contribution in [0, 0.1) is 11.8 Å². The van der Waals surface area contributed by atoms with Crippen LogP contribution in [0.2, 0.25) is 0 Å². The van der Waals surface area contributed by atoms with Crippen LogP contribution in [0.3, 0.4) is 0 Å². The van der Waals surface area contributed by atoms with Gasteiger partial charge in [-0.2, -0.15) is 0 Å². The molecule has 6 heterocycles. The maximum absolute atomic E-state index is 11.4. The molecule has 19 unspecified atom stereocenters. The fraction of sp³-hybridized carbons (Fsp3) is 0.953. The number of nitrogens with one attached hydrogen (secondary N) is 2. The lowest BCUT2D eigenvalue weighted by Crippen LogP contribution is -2.63. The Balaban J connectivity index is 0.000000470. The molecule has 23 N–H and O–H groups in total. The summed E-state index contributed by atoms with van der Waals surface area (Å²) in [6, 6.07) is 0. The minimum Gasteiger partial charge on any atom is -0.469 e. The predicted octanol–water partition coefficient (Wildman–Crippen LogP) is -1.87. The van der Waals surface area contributed by atoms with Crippen LogP contribution < -0.4 is 10.6 Å². The predicted molar refractivity (Wildman–Crippen MR) is 480 cm³/mol. The van der Waals surface area contributed by atoms with E-state index in [9.17, 15) is 126 Å². The molecule has 0 amide bonds. The number of methoxy groups -OCH3 is 2. The first kappa shape index (κ1) is 121. The van der Waals surface area contributed by atoms with Gasteiger partial charge in [-0.3, -0.25) is 19.2 Å². The first-order chi connectivity index (χ1) is 64.0. The minimum absolute atomic E-state index is 0.00206. The Labute approximate surface area is 795 Å². The Morgan fingerprint density at radius 1 is 0.391 bits per heavy atom. The number of unbranched alkanes of at least 4 members (excludes halogenated alkanes) is 17. The van der Waals surface area contributed by atoms with Crippen molar-refractivity contribution < 1.29 is 202 Å². The average Bonchev–Trinajstić information content (AvgIpc) is 0.789. The molecule has 6 aliphatic heterocycles. The van der Waals surface area contributed by atoms with Gasteiger partial charge in [0.15, 0.2) is 37.7 Å². The van der Waals surface area contributed by atoms with Gasteiger partial charge in [0.2, 0.25) is 12.6 Å². The highest BCUT2D eigenvalue weighted by molar-refractivity contribution is 8.16. The van der Waals surface area contributed by atoms with E-state index in [-0.39, 0.29) is 44.1 Å². The summed E-state index contributed by atoms with van der Waals surface area (Å²) < 4.78 is 86.1. The highest BCUT2D eigenvalue weighted by Gasteiger charge is 2.55. The van der Waals surface area contributed by atoms with Crippen LogP contribution in [0.1, 0.15) is 200 Å². The van der Waals surface area contributed by atoms with Crippen LogP contribution in [0.25, 0.3) is 0 Å². The first-order valence-corrected chi connectivity index (χ1v) is 51.2. The van der Waals surface area contributed by atoms with Crippen molar-refractivity contribution in [1.29, 1.82) is 0 Å². The summed E-state index contributed by atoms with van der Waals surface area (Å²) in [4.78, 5) is 44.7. The lowest BCUT2D eigenvalue weighted by Gasteiger charge is -2.46. The first-order valence-electron chi connectivity index (χ1n) is 46.8. The summed E-state index contributed by atoms with van der Waals surface area (Å²) in [5.41, 5.74) is 0. The largest absolute Gasteiger partial charge is 0.469 e. The second-order valence-corrected chi connectivity index (χ2v) is 39.6. The van der Waals surface area contributed by atoms with Crippen molar-refractivity contribution in [3.63, 3.8) is 0 Å². The van der Waals surface area contributed by atoms with Crippen molar-refractivity contribution >= 4 is 71.9 Å². The van der Waals surface area contributed by atoms with Crippen molar-refractivity contribution in [1.82, 2.24) is 10.6 Å². The number of carbonyl (C=O) groups excluding carboxylic acids is 4. The highest BCUT2D eigenvalue weighted by Crippen LogP contribution is 2.37. The van der Waals surface area contributed by atoms with E-state index in [2.05, 4.69) is 24.5 Å². The zero-order valence-electron chi connectivity index (χ0n) is 77.0. The smallest absolute Gasteiger partial charge is 0.305 e. The van der Waals surface area contributed by atoms with Crippen LogP contribution in [-0.2, 0) is 95.0 Å². The summed E-state index contributed by atoms with van der Waals surface area (Å²) >= 11 is 7.01. The van der Waals surface area contributed by atoms with Gasteiger partial charge in [0.25, 0.3) is 12.9 Å². The van der Waals surface area contributed by atoms with E-state index in [1.807, 2.05) is 23.5 Å². The third-order valence-corrected chi connectivity index (χ3v) is 29.3. The normalized spacial score (nSPS) is 32.4. The Morgan fingerprint density at radius 3 is 1.11 bits per heavy atom. The minimum atomic E-state index is -1.85. The van der Waals surface area contributed by atoms with Gasteiger partial charge in [-0.25, -0.2) is 0 Å². The molecule has 782 valence electrons. The Morgan fingerprint density at radius 2 is 0.737 bits per heavy atom. The lowest BCUT2D eigenvalue weighted by atomic mass is 9.94. The second kappa shape index (κ2) is 69.7. The van der Waals surface area contributed by atoms with E-state index in [1.165, 1.54) is 65.6 Å². The zero-order valence-corrected chi connectivity index (χ0v) is 80.2. The molecule has 35 atom stereocenters. The number of thioether (sulfide) groups is 4. The molecule has 47 heteroatoms. The summed E-state index contributed by atoms with van der Waals surface area (Å²) in [5, 5.41) is 230. The SMILES string of the molecule is CCCCCCC(O)CCC(CCCCCCCC(=O)OC)SCSCNCC(O)C(O)C(CO)O[C@@H]1OC[C@@H](O[C@@H]2OC[C@@H](O)C(O)C2O[C@H]2OC(OC=O)[C@@H](CO)[C@H](O)C2O)[C@H](O)C1O.CCCCCCCCCC(CCCCCCCC(=O)OC)SCSCNCC(O)C(O)C(CO)O[C@@H]1OC[C@@H](O[C@@H]2OC[C@@H](O)C(O)C2O[C@H]2OC(OC=O)[C@@H](CO)[C@H](O)C2O)[C@H](O)C1O. The molecule has 0 spiro atoms. The number of ether oxygens (including phenoxy) is 16. The standard InChI is InChI=1S/C43H79NO21S2.C43H79NO20S2/c1-3-4-5-9-12-25(48)15-16-26(13-10-7-6-8-11-14-32(51)58-2)67-24-66-22-44-17-28(49)34(53)30(19-46)62-41-38(57)36(55)31(21-60-41)63-43-39(35(54)29(50)20-59-43)64-42-37(56)33(52)27(18-45)40(65-42)61-23-47;1-3-4-5-6-7-9-12-15-26(16-13-10-8-11-14-17-32(50)57-2)66-25-65-23-44-18-28(48)34(52)30(20-46)61-41-38(56)36(54)31(22-59-41)62-43-39(35(53)29(49)21-58-43)63-42-37(55)33(51)27(19-45)40(64-42)60-24-47/h23,25-31,33-46,48-50,52-57H,3-22,24H2,1-2H3;24,26-31,33-46,48-49,51-56H,3-23,25H2,1-2H3/t25?,26?,27-,28?,29+,30?,31+,33-,34?,35?,36-,37?,38?,39?,40?,41-,42-,43-;26?,27-,28?,29+,30?,31+,33-,34?,35?,36-,37?,38?,39?,40?,41-,42-,43-/m00/s1. The van der Waals surface area contributed by atoms with Gasteiger partial charge < -0.3 is 194 Å². The third kappa shape index (κ3) is 43.1. The Hall–Kier alpha value is -2.12. The van der Waals surface area contributed by atoms with E-state index in [4.69, 9.17) is 75.8 Å². The molecule has 0 aromatic heterocycles. The van der Waals surface area contributed by atoms with Crippen LogP contribution in [0.5, 0.6) is 0 Å². The molecule has 6 aliphatic rings. The number of rotatable bonds is 70. The van der Waals surface area contributed by atoms with Crippen molar-refractivity contribution in [2.24, 2.45) is 11.8 Å². The zero-order chi connectivity index (χ0) is 97.7. The van der Waals surface area contributed by atoms with Gasteiger partial charge in [0.05, 0.1) is 109 Å². The second-order valence-electron chi connectivity index (χ2n) is 34.3. The summed E-state index contributed by atoms with van der Waals surface area (Å²) in [6.07, 6.45) is -19.5. The molecule has 6 saturated heterocycles. The van der Waals surface area contributed by atoms with E-state index in [0.717, 1.165) is 132 Å². The van der Waals surface area contributed by atoms with Gasteiger partial charge in [0, 0.05) is 58.4 Å². The molecule has 43 nitrogen and oxygen atoms in total. The van der Waals surface area contributed by atoms with E-state index in [0.29, 0.717) is 35.1 Å². The van der Waals surface area contributed by atoms with Gasteiger partial charge in [-0.15, -0.1) is 47.0 Å². The number of hydrogen-bond acceptors (Lipinski definition) is 47.